The van der Waals surface area contributed by atoms with E-state index in [1.165, 1.54) is 52.9 Å². The molecule has 0 spiro atoms. The third-order valence-electron chi connectivity index (χ3n) is 5.98. The van der Waals surface area contributed by atoms with Crippen molar-refractivity contribution in [2.24, 2.45) is 0 Å². The number of rotatable bonds is 9. The van der Waals surface area contributed by atoms with Crippen LogP contribution < -0.4 is 5.30 Å². The first-order valence-corrected chi connectivity index (χ1v) is 13.7. The Morgan fingerprint density at radius 1 is 0.788 bits per heavy atom. The van der Waals surface area contributed by atoms with E-state index in [1.54, 1.807) is 0 Å². The smallest absolute Gasteiger partial charge is 0.0881 e. The molecule has 1 atom stereocenters. The summed E-state index contributed by atoms with van der Waals surface area (Å²) in [4.78, 5) is 2.45. The molecule has 0 aromatic heterocycles. The average Bonchev–Trinajstić information content (AvgIpc) is 2.90. The summed E-state index contributed by atoms with van der Waals surface area (Å²) in [5, 5.41) is 2.78. The summed E-state index contributed by atoms with van der Waals surface area (Å²) >= 11 is 0. The number of nitrogens with zero attached hydrogens (tertiary/aromatic N) is 1. The molecule has 3 aromatic carbocycles. The zero-order chi connectivity index (χ0) is 22.7. The summed E-state index contributed by atoms with van der Waals surface area (Å²) < 4.78 is 5.67. The zero-order valence-corrected chi connectivity index (χ0v) is 20.5. The summed E-state index contributed by atoms with van der Waals surface area (Å²) in [5.74, 6) is 0. The lowest BCUT2D eigenvalue weighted by atomic mass is 10.1. The molecule has 33 heavy (non-hydrogen) atoms. The Morgan fingerprint density at radius 3 is 1.97 bits per heavy atom. The van der Waals surface area contributed by atoms with E-state index in [0.717, 1.165) is 26.3 Å². The summed E-state index contributed by atoms with van der Waals surface area (Å²) in [6.07, 6.45) is 4.94. The Balaban J connectivity index is 1.92. The first-order valence-electron chi connectivity index (χ1n) is 12.1. The molecule has 0 radical (unpaired) electrons. The van der Waals surface area contributed by atoms with E-state index in [4.69, 9.17) is 4.74 Å². The number of benzene rings is 3. The van der Waals surface area contributed by atoms with Crippen LogP contribution in [0.4, 0.5) is 0 Å². The molecule has 1 heterocycles. The highest BCUT2D eigenvalue weighted by Gasteiger charge is 2.20. The fourth-order valence-electron chi connectivity index (χ4n) is 4.22. The summed E-state index contributed by atoms with van der Waals surface area (Å²) in [7, 11) is -0.524. The molecule has 2 nitrogen and oxygen atoms in total. The van der Waals surface area contributed by atoms with Crippen LogP contribution in [-0.2, 0) is 4.74 Å². The fourth-order valence-corrected chi connectivity index (χ4v) is 6.73. The van der Waals surface area contributed by atoms with Gasteiger partial charge in [0.25, 0.3) is 0 Å². The lowest BCUT2D eigenvalue weighted by molar-refractivity contribution is 0.0640. The Bertz CT molecular complexity index is 1040. The topological polar surface area (TPSA) is 12.5 Å². The first kappa shape index (κ1) is 23.5. The van der Waals surface area contributed by atoms with Crippen LogP contribution in [-0.4, -0.2) is 37.4 Å². The number of unbranched alkanes of at least 4 members (excludes halogenated alkanes) is 2. The van der Waals surface area contributed by atoms with Gasteiger partial charge in [-0.25, -0.2) is 0 Å². The standard InChI is InChI=1S/C30H34NOP/c1-2-3-13-24-33(28-18-11-6-12-19-28)30(27-16-9-5-10-17-27)25-29(26-14-7-4-8-15-26)31-20-22-32-23-21-31/h4-12,14-19H,2-3,13,20-24H2,1H3. The maximum atomic E-state index is 5.67. The maximum Gasteiger partial charge on any atom is 0.0881 e. The highest BCUT2D eigenvalue weighted by atomic mass is 31.1. The van der Waals surface area contributed by atoms with Gasteiger partial charge >= 0.3 is 0 Å². The predicted molar refractivity (Wildman–Crippen MR) is 143 cm³/mol. The number of hydrogen-bond donors (Lipinski definition) is 0. The van der Waals surface area contributed by atoms with Gasteiger partial charge in [0.15, 0.2) is 0 Å². The highest BCUT2D eigenvalue weighted by Crippen LogP contribution is 2.50. The predicted octanol–water partition coefficient (Wildman–Crippen LogP) is 7.00. The van der Waals surface area contributed by atoms with Crippen molar-refractivity contribution in [1.29, 1.82) is 0 Å². The summed E-state index contributed by atoms with van der Waals surface area (Å²) in [6, 6.07) is 32.8. The Hall–Kier alpha value is -2.63. The minimum absolute atomic E-state index is 0.524. The van der Waals surface area contributed by atoms with Crippen LogP contribution in [0.3, 0.4) is 0 Å². The lowest BCUT2D eigenvalue weighted by Gasteiger charge is -2.30. The van der Waals surface area contributed by atoms with Gasteiger partial charge in [0, 0.05) is 24.0 Å². The molecular formula is C30H34NOP. The molecule has 0 N–H and O–H groups in total. The SMILES string of the molecule is CCCCCP(C(=C=C(c1ccccc1)N1CCOCC1)c1ccccc1)c1ccccc1. The molecule has 0 aliphatic carbocycles. The Labute approximate surface area is 200 Å². The second-order valence-electron chi connectivity index (χ2n) is 8.35. The lowest BCUT2D eigenvalue weighted by Crippen LogP contribution is -2.34. The van der Waals surface area contributed by atoms with E-state index in [9.17, 15) is 0 Å². The third kappa shape index (κ3) is 6.46. The van der Waals surface area contributed by atoms with E-state index < -0.39 is 7.92 Å². The average molecular weight is 456 g/mol. The molecule has 0 saturated carbocycles. The summed E-state index contributed by atoms with van der Waals surface area (Å²) in [5.41, 5.74) is 7.72. The van der Waals surface area contributed by atoms with Crippen LogP contribution in [0.1, 0.15) is 37.3 Å². The van der Waals surface area contributed by atoms with Crippen molar-refractivity contribution in [2.75, 3.05) is 32.5 Å². The van der Waals surface area contributed by atoms with Crippen LogP contribution in [0.5, 0.6) is 0 Å². The number of ether oxygens (including phenoxy) is 1. The first-order chi connectivity index (χ1) is 16.4. The molecule has 4 rings (SSSR count). The molecule has 1 fully saturated rings. The quantitative estimate of drug-likeness (QED) is 0.196. The van der Waals surface area contributed by atoms with Gasteiger partial charge in [0.05, 0.1) is 18.9 Å². The molecular weight excluding hydrogens is 421 g/mol. The van der Waals surface area contributed by atoms with Gasteiger partial charge in [-0.3, -0.25) is 0 Å². The van der Waals surface area contributed by atoms with Crippen LogP contribution in [0, 0.1) is 0 Å². The van der Waals surface area contributed by atoms with E-state index in [2.05, 4.69) is 109 Å². The second kappa shape index (κ2) is 12.6. The molecule has 1 aliphatic rings. The zero-order valence-electron chi connectivity index (χ0n) is 19.6. The van der Waals surface area contributed by atoms with Crippen molar-refractivity contribution in [3.05, 3.63) is 108 Å². The van der Waals surface area contributed by atoms with Crippen LogP contribution in [0.2, 0.25) is 0 Å². The van der Waals surface area contributed by atoms with E-state index in [-0.39, 0.29) is 0 Å². The van der Waals surface area contributed by atoms with Gasteiger partial charge in [-0.1, -0.05) is 116 Å². The molecule has 1 saturated heterocycles. The normalized spacial score (nSPS) is 14.4. The third-order valence-corrected chi connectivity index (χ3v) is 8.58. The van der Waals surface area contributed by atoms with E-state index in [1.807, 2.05) is 0 Å². The van der Waals surface area contributed by atoms with Gasteiger partial charge in [0.2, 0.25) is 0 Å². The van der Waals surface area contributed by atoms with Crippen molar-refractivity contribution in [3.8, 4) is 0 Å². The molecule has 0 bridgehead atoms. The van der Waals surface area contributed by atoms with Gasteiger partial charge in [-0.15, -0.1) is 0 Å². The van der Waals surface area contributed by atoms with Gasteiger partial charge in [-0.05, 0) is 31.4 Å². The largest absolute Gasteiger partial charge is 0.378 e. The van der Waals surface area contributed by atoms with Crippen molar-refractivity contribution in [2.45, 2.75) is 26.2 Å². The number of morpholine rings is 1. The minimum Gasteiger partial charge on any atom is -0.378 e. The van der Waals surface area contributed by atoms with Crippen LogP contribution >= 0.6 is 7.92 Å². The Kier molecular flexibility index (Phi) is 8.96. The molecule has 3 heteroatoms. The van der Waals surface area contributed by atoms with Crippen molar-refractivity contribution in [1.82, 2.24) is 4.90 Å². The van der Waals surface area contributed by atoms with Gasteiger partial charge in [0.1, 0.15) is 0 Å². The molecule has 0 amide bonds. The van der Waals surface area contributed by atoms with Gasteiger partial charge in [-0.2, -0.15) is 0 Å². The number of hydrogen-bond acceptors (Lipinski definition) is 2. The minimum atomic E-state index is -0.524. The molecule has 1 unspecified atom stereocenters. The molecule has 170 valence electrons. The maximum absolute atomic E-state index is 5.67. The van der Waals surface area contributed by atoms with E-state index >= 15 is 0 Å². The second-order valence-corrected chi connectivity index (χ2v) is 10.6. The summed E-state index contributed by atoms with van der Waals surface area (Å²) in [6.45, 7) is 5.62. The van der Waals surface area contributed by atoms with Crippen molar-refractivity contribution in [3.63, 3.8) is 0 Å². The van der Waals surface area contributed by atoms with Gasteiger partial charge < -0.3 is 9.64 Å². The fraction of sp³-hybridized carbons (Fsp3) is 0.300. The Morgan fingerprint density at radius 2 is 1.36 bits per heavy atom. The van der Waals surface area contributed by atoms with E-state index in [0.29, 0.717) is 0 Å². The highest BCUT2D eigenvalue weighted by molar-refractivity contribution is 7.75. The van der Waals surface area contributed by atoms with Crippen LogP contribution in [0.25, 0.3) is 11.0 Å². The van der Waals surface area contributed by atoms with Crippen molar-refractivity contribution < 1.29 is 4.74 Å². The monoisotopic (exact) mass is 455 g/mol. The molecule has 3 aromatic rings. The van der Waals surface area contributed by atoms with Crippen LogP contribution in [0.15, 0.2) is 96.7 Å². The molecule has 1 aliphatic heterocycles. The van der Waals surface area contributed by atoms with Crippen molar-refractivity contribution >= 4 is 24.2 Å².